The largest absolute Gasteiger partial charge is 0.497 e. The lowest BCUT2D eigenvalue weighted by molar-refractivity contribution is -0.137. The van der Waals surface area contributed by atoms with E-state index >= 15 is 0 Å². The molecule has 0 radical (unpaired) electrons. The number of nitrogens with one attached hydrogen (secondary N) is 1. The van der Waals surface area contributed by atoms with Crippen LogP contribution in [-0.4, -0.2) is 24.1 Å². The molecule has 2 rings (SSSR count). The fourth-order valence-electron chi connectivity index (χ4n) is 2.54. The highest BCUT2D eigenvalue weighted by Gasteiger charge is 2.18. The molecule has 0 bridgehead atoms. The lowest BCUT2D eigenvalue weighted by Crippen LogP contribution is -2.31. The van der Waals surface area contributed by atoms with E-state index in [-0.39, 0.29) is 18.7 Å². The molecule has 1 amide bonds. The predicted molar refractivity (Wildman–Crippen MR) is 91.0 cm³/mol. The highest BCUT2D eigenvalue weighted by molar-refractivity contribution is 5.80. The van der Waals surface area contributed by atoms with Crippen LogP contribution in [0.2, 0.25) is 0 Å². The zero-order valence-corrected chi connectivity index (χ0v) is 13.8. The van der Waals surface area contributed by atoms with Gasteiger partial charge in [-0.2, -0.15) is 0 Å². The van der Waals surface area contributed by atoms with Crippen molar-refractivity contribution in [3.8, 4) is 5.75 Å². The molecular formula is C19H21NO4. The molecule has 0 fully saturated rings. The molecule has 1 atom stereocenters. The minimum atomic E-state index is -0.973. The standard InChI is InChI=1S/C19H21NO4/c1-13-5-3-6-14(9-13)10-18(21)20-17(12-19(22)23)15-7-4-8-16(11-15)24-2/h3-9,11,17H,10,12H2,1-2H3,(H,20,21)(H,22,23). The minimum absolute atomic E-state index is 0.188. The van der Waals surface area contributed by atoms with Crippen molar-refractivity contribution in [2.45, 2.75) is 25.8 Å². The van der Waals surface area contributed by atoms with Crippen LogP contribution in [0.5, 0.6) is 5.75 Å². The summed E-state index contributed by atoms with van der Waals surface area (Å²) in [4.78, 5) is 23.4. The molecule has 0 spiro atoms. The molecule has 5 heteroatoms. The highest BCUT2D eigenvalue weighted by Crippen LogP contribution is 2.22. The Balaban J connectivity index is 2.13. The maximum Gasteiger partial charge on any atom is 0.305 e. The number of rotatable bonds is 7. The van der Waals surface area contributed by atoms with Gasteiger partial charge in [-0.1, -0.05) is 42.0 Å². The van der Waals surface area contributed by atoms with Gasteiger partial charge in [0.05, 0.1) is 26.0 Å². The van der Waals surface area contributed by atoms with Crippen molar-refractivity contribution in [3.63, 3.8) is 0 Å². The third-order valence-corrected chi connectivity index (χ3v) is 3.66. The molecule has 0 saturated heterocycles. The molecule has 0 saturated carbocycles. The Bertz CT molecular complexity index is 727. The molecule has 0 aliphatic rings. The lowest BCUT2D eigenvalue weighted by atomic mass is 10.0. The number of hydrogen-bond donors (Lipinski definition) is 2. The maximum atomic E-state index is 12.3. The van der Waals surface area contributed by atoms with Crippen molar-refractivity contribution in [2.24, 2.45) is 0 Å². The van der Waals surface area contributed by atoms with Crippen molar-refractivity contribution >= 4 is 11.9 Å². The first-order chi connectivity index (χ1) is 11.5. The van der Waals surface area contributed by atoms with Crippen LogP contribution in [0.1, 0.15) is 29.2 Å². The van der Waals surface area contributed by atoms with Crippen LogP contribution < -0.4 is 10.1 Å². The van der Waals surface area contributed by atoms with Crippen LogP contribution in [0, 0.1) is 6.92 Å². The van der Waals surface area contributed by atoms with Crippen LogP contribution in [0.4, 0.5) is 0 Å². The number of aryl methyl sites for hydroxylation is 1. The third kappa shape index (κ3) is 5.12. The number of carboxylic acid groups (broad SMARTS) is 1. The van der Waals surface area contributed by atoms with Crippen molar-refractivity contribution < 1.29 is 19.4 Å². The Kier molecular flexibility index (Phi) is 5.95. The molecule has 2 aromatic carbocycles. The van der Waals surface area contributed by atoms with Crippen LogP contribution in [0.15, 0.2) is 48.5 Å². The molecular weight excluding hydrogens is 306 g/mol. The molecule has 2 aromatic rings. The number of aliphatic carboxylic acids is 1. The molecule has 0 aliphatic carbocycles. The Hall–Kier alpha value is -2.82. The smallest absolute Gasteiger partial charge is 0.305 e. The Morgan fingerprint density at radius 3 is 2.58 bits per heavy atom. The molecule has 0 aromatic heterocycles. The van der Waals surface area contributed by atoms with Gasteiger partial charge in [0, 0.05) is 0 Å². The Labute approximate surface area is 141 Å². The fraction of sp³-hybridized carbons (Fsp3) is 0.263. The van der Waals surface area contributed by atoms with Gasteiger partial charge >= 0.3 is 5.97 Å². The normalized spacial score (nSPS) is 11.6. The molecule has 0 heterocycles. The molecule has 0 aliphatic heterocycles. The van der Waals surface area contributed by atoms with E-state index in [0.29, 0.717) is 11.3 Å². The molecule has 24 heavy (non-hydrogen) atoms. The van der Waals surface area contributed by atoms with Crippen molar-refractivity contribution in [1.29, 1.82) is 0 Å². The molecule has 5 nitrogen and oxygen atoms in total. The Morgan fingerprint density at radius 1 is 1.17 bits per heavy atom. The second-order valence-electron chi connectivity index (χ2n) is 5.66. The zero-order valence-electron chi connectivity index (χ0n) is 13.8. The number of ether oxygens (including phenoxy) is 1. The maximum absolute atomic E-state index is 12.3. The summed E-state index contributed by atoms with van der Waals surface area (Å²) in [6.45, 7) is 1.96. The predicted octanol–water partition coefficient (Wildman–Crippen LogP) is 2.88. The van der Waals surface area contributed by atoms with Crippen molar-refractivity contribution in [2.75, 3.05) is 7.11 Å². The quantitative estimate of drug-likeness (QED) is 0.820. The number of carbonyl (C=O) groups excluding carboxylic acids is 1. The van der Waals surface area contributed by atoms with Gasteiger partial charge < -0.3 is 15.2 Å². The van der Waals surface area contributed by atoms with E-state index < -0.39 is 12.0 Å². The van der Waals surface area contributed by atoms with E-state index in [2.05, 4.69) is 5.32 Å². The first-order valence-corrected chi connectivity index (χ1v) is 7.68. The van der Waals surface area contributed by atoms with Crippen LogP contribution in [0.25, 0.3) is 0 Å². The first kappa shape index (κ1) is 17.5. The number of methoxy groups -OCH3 is 1. The average Bonchev–Trinajstić information content (AvgIpc) is 2.54. The number of carbonyl (C=O) groups is 2. The summed E-state index contributed by atoms with van der Waals surface area (Å²) in [5.41, 5.74) is 2.68. The van der Waals surface area contributed by atoms with Gasteiger partial charge in [0.15, 0.2) is 0 Å². The van der Waals surface area contributed by atoms with Crippen LogP contribution in [0.3, 0.4) is 0 Å². The summed E-state index contributed by atoms with van der Waals surface area (Å²) in [5, 5.41) is 11.9. The monoisotopic (exact) mass is 327 g/mol. The zero-order chi connectivity index (χ0) is 17.5. The van der Waals surface area contributed by atoms with E-state index in [9.17, 15) is 9.59 Å². The minimum Gasteiger partial charge on any atom is -0.497 e. The second kappa shape index (κ2) is 8.15. The van der Waals surface area contributed by atoms with Gasteiger partial charge in [0.25, 0.3) is 0 Å². The topological polar surface area (TPSA) is 75.6 Å². The summed E-state index contributed by atoms with van der Waals surface area (Å²) >= 11 is 0. The van der Waals surface area contributed by atoms with Gasteiger partial charge in [0.1, 0.15) is 5.75 Å². The summed E-state index contributed by atoms with van der Waals surface area (Å²) in [5.74, 6) is -0.566. The van der Waals surface area contributed by atoms with E-state index in [1.807, 2.05) is 31.2 Å². The lowest BCUT2D eigenvalue weighted by Gasteiger charge is -2.18. The van der Waals surface area contributed by atoms with Crippen LogP contribution in [-0.2, 0) is 16.0 Å². The van der Waals surface area contributed by atoms with Crippen LogP contribution >= 0.6 is 0 Å². The Morgan fingerprint density at radius 2 is 1.92 bits per heavy atom. The van der Waals surface area contributed by atoms with Gasteiger partial charge in [-0.05, 0) is 30.2 Å². The number of hydrogen-bond acceptors (Lipinski definition) is 3. The average molecular weight is 327 g/mol. The second-order valence-corrected chi connectivity index (χ2v) is 5.66. The number of carboxylic acids is 1. The summed E-state index contributed by atoms with van der Waals surface area (Å²) < 4.78 is 5.16. The third-order valence-electron chi connectivity index (χ3n) is 3.66. The van der Waals surface area contributed by atoms with Gasteiger partial charge in [-0.15, -0.1) is 0 Å². The summed E-state index contributed by atoms with van der Waals surface area (Å²) in [7, 11) is 1.54. The van der Waals surface area contributed by atoms with E-state index in [0.717, 1.165) is 11.1 Å². The van der Waals surface area contributed by atoms with E-state index in [1.165, 1.54) is 0 Å². The number of benzene rings is 2. The van der Waals surface area contributed by atoms with Crippen molar-refractivity contribution in [3.05, 3.63) is 65.2 Å². The van der Waals surface area contributed by atoms with Gasteiger partial charge in [-0.25, -0.2) is 0 Å². The van der Waals surface area contributed by atoms with Gasteiger partial charge in [0.2, 0.25) is 5.91 Å². The molecule has 126 valence electrons. The first-order valence-electron chi connectivity index (χ1n) is 7.68. The SMILES string of the molecule is COc1cccc(C(CC(=O)O)NC(=O)Cc2cccc(C)c2)c1. The number of amides is 1. The highest BCUT2D eigenvalue weighted by atomic mass is 16.5. The molecule has 2 N–H and O–H groups in total. The van der Waals surface area contributed by atoms with E-state index in [4.69, 9.17) is 9.84 Å². The molecule has 1 unspecified atom stereocenters. The fourth-order valence-corrected chi connectivity index (χ4v) is 2.54. The van der Waals surface area contributed by atoms with Crippen molar-refractivity contribution in [1.82, 2.24) is 5.32 Å². The summed E-state index contributed by atoms with van der Waals surface area (Å²) in [6.07, 6.45) is 0.0223. The van der Waals surface area contributed by atoms with E-state index in [1.54, 1.807) is 31.4 Å². The van der Waals surface area contributed by atoms with Gasteiger partial charge in [-0.3, -0.25) is 9.59 Å². The summed E-state index contributed by atoms with van der Waals surface area (Å²) in [6, 6.07) is 14.1.